The number of hydrogen-bond donors (Lipinski definition) is 0. The number of hydrogen-bond acceptors (Lipinski definition) is 2. The van der Waals surface area contributed by atoms with E-state index in [9.17, 15) is 9.46 Å². The molecule has 4 heteroatoms. The summed E-state index contributed by atoms with van der Waals surface area (Å²) in [5, 5.41) is -0.597. The smallest absolute Gasteiger partial charge is 0.376 e. The van der Waals surface area contributed by atoms with Gasteiger partial charge in [0.25, 0.3) is 5.28 Å². The lowest BCUT2D eigenvalue weighted by atomic mass is 9.99. The number of quaternary nitrogens is 1. The first-order chi connectivity index (χ1) is 16.8. The minimum atomic E-state index is -2.43. The molecule has 0 N–H and O–H groups in total. The second-order valence-corrected chi connectivity index (χ2v) is 13.2. The molecule has 35 heavy (non-hydrogen) atoms. The average Bonchev–Trinajstić information content (AvgIpc) is 2.80. The summed E-state index contributed by atoms with van der Waals surface area (Å²) in [7, 11) is 3.67. The summed E-state index contributed by atoms with van der Waals surface area (Å²) in [6.07, 6.45) is 34.1. The Labute approximate surface area is 222 Å². The number of nitrogens with zero attached hydrogens (tertiary/aromatic N) is 1. The second kappa shape index (κ2) is 22.9. The molecule has 0 aliphatic heterocycles. The molecule has 0 aliphatic rings. The van der Waals surface area contributed by atoms with Crippen molar-refractivity contribution in [3.63, 3.8) is 0 Å². The van der Waals surface area contributed by atoms with E-state index in [2.05, 4.69) is 26.0 Å². The van der Waals surface area contributed by atoms with Crippen molar-refractivity contribution in [2.24, 2.45) is 0 Å². The Hall–Kier alpha value is -0.240. The first-order valence-electron chi connectivity index (χ1n) is 15.4. The van der Waals surface area contributed by atoms with Crippen LogP contribution in [0.5, 0.6) is 0 Å². The van der Waals surface area contributed by atoms with Gasteiger partial charge in [-0.3, -0.25) is 4.48 Å². The van der Waals surface area contributed by atoms with Gasteiger partial charge in [-0.25, -0.2) is 0 Å². The van der Waals surface area contributed by atoms with Crippen LogP contribution in [0.1, 0.15) is 162 Å². The normalized spacial score (nSPS) is 14.5. The Morgan fingerprint density at radius 1 is 0.571 bits per heavy atom. The van der Waals surface area contributed by atoms with Crippen molar-refractivity contribution in [3.8, 4) is 0 Å². The van der Waals surface area contributed by atoms with Crippen LogP contribution in [-0.4, -0.2) is 30.9 Å². The SMILES string of the molecule is CCCCCCCCCCCCCCC/C=C\CCCCCCCC(CCC)([P+](=O)[O-])[N+](C)(C)C. The highest BCUT2D eigenvalue weighted by atomic mass is 31.1. The van der Waals surface area contributed by atoms with Crippen molar-refractivity contribution in [1.29, 1.82) is 0 Å². The van der Waals surface area contributed by atoms with E-state index in [1.54, 1.807) is 0 Å². The average molecular weight is 513 g/mol. The summed E-state index contributed by atoms with van der Waals surface area (Å²) in [4.78, 5) is 12.1. The largest absolute Gasteiger partial charge is 0.590 e. The van der Waals surface area contributed by atoms with E-state index in [1.807, 2.05) is 21.1 Å². The molecule has 0 heterocycles. The van der Waals surface area contributed by atoms with Gasteiger partial charge in [0.15, 0.2) is 0 Å². The van der Waals surface area contributed by atoms with Crippen LogP contribution in [0.2, 0.25) is 0 Å². The molecule has 0 aromatic rings. The van der Waals surface area contributed by atoms with Crippen LogP contribution >= 0.6 is 8.03 Å². The van der Waals surface area contributed by atoms with Crippen molar-refractivity contribution >= 4 is 8.03 Å². The molecule has 0 amide bonds. The van der Waals surface area contributed by atoms with Crippen LogP contribution < -0.4 is 4.89 Å². The van der Waals surface area contributed by atoms with Crippen LogP contribution in [-0.2, 0) is 4.57 Å². The summed E-state index contributed by atoms with van der Waals surface area (Å²) in [6, 6.07) is 0. The van der Waals surface area contributed by atoms with Crippen LogP contribution in [0.3, 0.4) is 0 Å². The lowest BCUT2D eigenvalue weighted by molar-refractivity contribution is -0.910. The van der Waals surface area contributed by atoms with Crippen molar-refractivity contribution in [2.45, 2.75) is 167 Å². The minimum Gasteiger partial charge on any atom is -0.590 e. The number of rotatable bonds is 26. The topological polar surface area (TPSA) is 40.1 Å². The van der Waals surface area contributed by atoms with Gasteiger partial charge in [-0.05, 0) is 38.5 Å². The van der Waals surface area contributed by atoms with Gasteiger partial charge in [-0.1, -0.05) is 127 Å². The molecule has 0 aliphatic carbocycles. The molecule has 0 saturated carbocycles. The van der Waals surface area contributed by atoms with Crippen molar-refractivity contribution in [2.75, 3.05) is 21.1 Å². The molecule has 0 aromatic heterocycles. The fraction of sp³-hybridized carbons (Fsp3) is 0.935. The van der Waals surface area contributed by atoms with Gasteiger partial charge in [-0.15, -0.1) is 0 Å². The Kier molecular flexibility index (Phi) is 22.8. The fourth-order valence-electron chi connectivity index (χ4n) is 5.34. The van der Waals surface area contributed by atoms with Gasteiger partial charge >= 0.3 is 8.03 Å². The maximum atomic E-state index is 12.1. The lowest BCUT2D eigenvalue weighted by Crippen LogP contribution is -2.55. The summed E-state index contributed by atoms with van der Waals surface area (Å²) < 4.78 is 12.6. The zero-order valence-electron chi connectivity index (χ0n) is 24.6. The predicted molar refractivity (Wildman–Crippen MR) is 155 cm³/mol. The molecule has 2 unspecified atom stereocenters. The first-order valence-corrected chi connectivity index (χ1v) is 16.6. The van der Waals surface area contributed by atoms with Crippen molar-refractivity contribution in [1.82, 2.24) is 0 Å². The molecule has 0 saturated heterocycles. The Bertz CT molecular complexity index is 515. The zero-order valence-corrected chi connectivity index (χ0v) is 25.5. The van der Waals surface area contributed by atoms with Gasteiger partial charge in [-0.2, -0.15) is 0 Å². The highest BCUT2D eigenvalue weighted by Crippen LogP contribution is 2.45. The zero-order chi connectivity index (χ0) is 26.3. The number of unbranched alkanes of at least 4 members (excludes halogenated alkanes) is 18. The molecular formula is C31H63NO2P+. The predicted octanol–water partition coefficient (Wildman–Crippen LogP) is 10.1. The minimum absolute atomic E-state index is 0.517. The molecule has 208 valence electrons. The monoisotopic (exact) mass is 512 g/mol. The van der Waals surface area contributed by atoms with Gasteiger partial charge in [0.2, 0.25) is 0 Å². The summed E-state index contributed by atoms with van der Waals surface area (Å²) in [5.41, 5.74) is 0. The molecule has 0 spiro atoms. The summed E-state index contributed by atoms with van der Waals surface area (Å²) in [6.45, 7) is 4.38. The molecule has 2 atom stereocenters. The van der Waals surface area contributed by atoms with E-state index >= 15 is 0 Å². The lowest BCUT2D eigenvalue weighted by Gasteiger charge is -2.39. The standard InChI is InChI=1S/C31H63NO2P/c1-6-8-9-10-11-12-13-14-15-16-17-18-19-20-21-22-23-24-25-26-27-28-30-31(29-7-2,35(33)34)32(3,4)5/h21-22H,6-20,23-30H2,1-5H3/q+1/b22-21-. The quantitative estimate of drug-likeness (QED) is 0.0500. The third-order valence-electron chi connectivity index (χ3n) is 7.83. The van der Waals surface area contributed by atoms with Crippen LogP contribution in [0.15, 0.2) is 12.2 Å². The third kappa shape index (κ3) is 17.8. The molecule has 0 bridgehead atoms. The van der Waals surface area contributed by atoms with E-state index in [1.165, 1.54) is 116 Å². The summed E-state index contributed by atoms with van der Waals surface area (Å²) >= 11 is 0. The van der Waals surface area contributed by atoms with E-state index in [-0.39, 0.29) is 0 Å². The second-order valence-electron chi connectivity index (χ2n) is 11.8. The van der Waals surface area contributed by atoms with Crippen LogP contribution in [0, 0.1) is 0 Å². The Balaban J connectivity index is 3.56. The van der Waals surface area contributed by atoms with E-state index in [0.29, 0.717) is 4.48 Å². The van der Waals surface area contributed by atoms with E-state index in [0.717, 1.165) is 32.1 Å². The third-order valence-corrected chi connectivity index (χ3v) is 9.55. The number of allylic oxidation sites excluding steroid dienone is 2. The van der Waals surface area contributed by atoms with Gasteiger partial charge in [0, 0.05) is 12.8 Å². The van der Waals surface area contributed by atoms with Crippen molar-refractivity contribution < 1.29 is 13.9 Å². The van der Waals surface area contributed by atoms with E-state index < -0.39 is 13.3 Å². The Morgan fingerprint density at radius 3 is 1.29 bits per heavy atom. The van der Waals surface area contributed by atoms with Crippen LogP contribution in [0.4, 0.5) is 0 Å². The summed E-state index contributed by atoms with van der Waals surface area (Å²) in [5.74, 6) is 0. The first kappa shape index (κ1) is 34.8. The Morgan fingerprint density at radius 2 is 0.943 bits per heavy atom. The van der Waals surface area contributed by atoms with E-state index in [4.69, 9.17) is 0 Å². The molecule has 0 rings (SSSR count). The highest BCUT2D eigenvalue weighted by molar-refractivity contribution is 7.38. The molecule has 3 nitrogen and oxygen atoms in total. The maximum absolute atomic E-state index is 12.1. The van der Waals surface area contributed by atoms with Gasteiger partial charge in [0.05, 0.1) is 21.1 Å². The van der Waals surface area contributed by atoms with Crippen LogP contribution in [0.25, 0.3) is 0 Å². The van der Waals surface area contributed by atoms with Gasteiger partial charge in [0.1, 0.15) is 0 Å². The molecule has 0 fully saturated rings. The molecule has 0 radical (unpaired) electrons. The van der Waals surface area contributed by atoms with Gasteiger partial charge < -0.3 is 4.89 Å². The maximum Gasteiger partial charge on any atom is 0.376 e. The highest BCUT2D eigenvalue weighted by Gasteiger charge is 2.53. The molecule has 0 aromatic carbocycles. The van der Waals surface area contributed by atoms with Crippen molar-refractivity contribution in [3.05, 3.63) is 12.2 Å². The fourth-order valence-corrected chi connectivity index (χ4v) is 6.58. The molecular weight excluding hydrogens is 449 g/mol.